The van der Waals surface area contributed by atoms with E-state index in [0.717, 1.165) is 37.4 Å². The molecule has 5 rings (SSSR count). The molecule has 0 aliphatic heterocycles. The minimum Gasteiger partial charge on any atom is -0.361 e. The molecule has 11 nitrogen and oxygen atoms in total. The molecule has 172 valence electrons. The summed E-state index contributed by atoms with van der Waals surface area (Å²) in [5.74, 6) is 1.28. The van der Waals surface area contributed by atoms with Crippen LogP contribution in [0.25, 0.3) is 32.5 Å². The van der Waals surface area contributed by atoms with Gasteiger partial charge in [0.2, 0.25) is 5.95 Å². The van der Waals surface area contributed by atoms with Crippen LogP contribution in [0, 0.1) is 0 Å². The van der Waals surface area contributed by atoms with E-state index < -0.39 is 5.91 Å². The van der Waals surface area contributed by atoms with Crippen LogP contribution in [0.5, 0.6) is 0 Å². The fourth-order valence-corrected chi connectivity index (χ4v) is 4.85. The number of anilines is 2. The van der Waals surface area contributed by atoms with Crippen LogP contribution in [-0.4, -0.2) is 62.4 Å². The Kier molecular flexibility index (Phi) is 5.51. The zero-order chi connectivity index (χ0) is 23.8. The molecular formula is C22H21N9O2S. The first kappa shape index (κ1) is 21.7. The molecule has 1 aromatic carbocycles. The molecule has 4 heterocycles. The Morgan fingerprint density at radius 3 is 2.68 bits per heavy atom. The van der Waals surface area contributed by atoms with Gasteiger partial charge in [-0.1, -0.05) is 12.1 Å². The van der Waals surface area contributed by atoms with Crippen LogP contribution in [0.15, 0.2) is 42.9 Å². The van der Waals surface area contributed by atoms with Crippen molar-refractivity contribution >= 4 is 50.1 Å². The van der Waals surface area contributed by atoms with Crippen molar-refractivity contribution in [2.75, 3.05) is 30.9 Å². The molecule has 0 atom stereocenters. The number of fused-ring (bicyclic) bond motifs is 2. The molecule has 0 unspecified atom stereocenters. The van der Waals surface area contributed by atoms with Gasteiger partial charge in [0.05, 0.1) is 34.0 Å². The van der Waals surface area contributed by atoms with E-state index in [9.17, 15) is 4.79 Å². The van der Waals surface area contributed by atoms with Gasteiger partial charge >= 0.3 is 0 Å². The lowest BCUT2D eigenvalue weighted by Gasteiger charge is -2.15. The summed E-state index contributed by atoms with van der Waals surface area (Å²) in [6.45, 7) is 0.548. The Balaban J connectivity index is 1.49. The first-order valence-electron chi connectivity index (χ1n) is 10.3. The highest BCUT2D eigenvalue weighted by Gasteiger charge is 2.18. The Bertz CT molecular complexity index is 1490. The van der Waals surface area contributed by atoms with Gasteiger partial charge in [-0.3, -0.25) is 15.1 Å². The highest BCUT2D eigenvalue weighted by molar-refractivity contribution is 7.19. The van der Waals surface area contributed by atoms with Gasteiger partial charge in [-0.25, -0.2) is 25.4 Å². The number of carbonyl (C=O) groups is 1. The average Bonchev–Trinajstić information content (AvgIpc) is 3.49. The summed E-state index contributed by atoms with van der Waals surface area (Å²) in [5.41, 5.74) is 4.46. The van der Waals surface area contributed by atoms with E-state index in [0.29, 0.717) is 18.3 Å². The smallest absolute Gasteiger partial charge is 0.277 e. The van der Waals surface area contributed by atoms with Crippen LogP contribution in [-0.2, 0) is 6.54 Å². The maximum absolute atomic E-state index is 11.5. The third kappa shape index (κ3) is 3.89. The topological polar surface area (TPSA) is 136 Å². The van der Waals surface area contributed by atoms with Crippen LogP contribution in [0.2, 0.25) is 0 Å². The number of H-pyrrole nitrogens is 1. The number of nitrogens with one attached hydrogen (secondary N) is 2. The van der Waals surface area contributed by atoms with Crippen molar-refractivity contribution in [3.8, 4) is 11.4 Å². The molecule has 4 aromatic heterocycles. The fraction of sp³-hybridized carbons (Fsp3) is 0.182. The lowest BCUT2D eigenvalue weighted by atomic mass is 10.1. The lowest BCUT2D eigenvalue weighted by molar-refractivity contribution is 0.0705. The van der Waals surface area contributed by atoms with Crippen LogP contribution < -0.4 is 15.3 Å². The van der Waals surface area contributed by atoms with Crippen LogP contribution >= 0.6 is 11.3 Å². The molecule has 0 saturated heterocycles. The van der Waals surface area contributed by atoms with Gasteiger partial charge in [-0.05, 0) is 12.1 Å². The van der Waals surface area contributed by atoms with Gasteiger partial charge in [-0.2, -0.15) is 5.10 Å². The van der Waals surface area contributed by atoms with Crippen LogP contribution in [0.4, 0.5) is 11.8 Å². The largest absolute Gasteiger partial charge is 0.361 e. The van der Waals surface area contributed by atoms with Crippen molar-refractivity contribution in [3.63, 3.8) is 0 Å². The first-order chi connectivity index (χ1) is 16.4. The number of nitrogens with zero attached hydrogens (tertiary/aromatic N) is 7. The molecular weight excluding hydrogens is 454 g/mol. The van der Waals surface area contributed by atoms with E-state index in [4.69, 9.17) is 15.2 Å². The van der Waals surface area contributed by atoms with Gasteiger partial charge in [0, 0.05) is 49.4 Å². The van der Waals surface area contributed by atoms with Crippen LogP contribution in [0.1, 0.15) is 15.2 Å². The number of amides is 1. The number of aromatic nitrogens is 6. The zero-order valence-corrected chi connectivity index (χ0v) is 19.5. The van der Waals surface area contributed by atoms with E-state index in [1.807, 2.05) is 49.1 Å². The molecule has 0 spiro atoms. The average molecular weight is 476 g/mol. The van der Waals surface area contributed by atoms with E-state index in [1.54, 1.807) is 23.0 Å². The second-order valence-corrected chi connectivity index (χ2v) is 9.03. The standard InChI is InChI=1S/C22H21N9O2S/c1-30(2)20-18-17(26-19(27-20)14-5-4-6-16-15(14)10-25-28-16)7-13(34-18)11-31(3)22-23-8-12(9-24-22)21(32)29-33/h4-10,33H,11H2,1-3H3,(H,25,28)(H,29,32). The van der Waals surface area contributed by atoms with Crippen molar-refractivity contribution in [1.29, 1.82) is 0 Å². The van der Waals surface area contributed by atoms with E-state index in [1.165, 1.54) is 12.4 Å². The van der Waals surface area contributed by atoms with Crippen molar-refractivity contribution in [2.45, 2.75) is 6.54 Å². The molecule has 5 aromatic rings. The Morgan fingerprint density at radius 2 is 1.94 bits per heavy atom. The highest BCUT2D eigenvalue weighted by atomic mass is 32.1. The molecule has 0 fully saturated rings. The normalized spacial score (nSPS) is 11.2. The first-order valence-corrected chi connectivity index (χ1v) is 11.1. The Labute approximate surface area is 198 Å². The molecule has 1 amide bonds. The number of aromatic amines is 1. The maximum Gasteiger partial charge on any atom is 0.277 e. The van der Waals surface area contributed by atoms with Crippen molar-refractivity contribution < 1.29 is 10.0 Å². The highest BCUT2D eigenvalue weighted by Crippen LogP contribution is 2.35. The summed E-state index contributed by atoms with van der Waals surface area (Å²) in [6.07, 6.45) is 4.53. The summed E-state index contributed by atoms with van der Waals surface area (Å²) in [5, 5.41) is 16.9. The number of thiophene rings is 1. The molecule has 0 bridgehead atoms. The van der Waals surface area contributed by atoms with E-state index in [-0.39, 0.29) is 5.56 Å². The predicted molar refractivity (Wildman–Crippen MR) is 130 cm³/mol. The monoisotopic (exact) mass is 475 g/mol. The third-order valence-corrected chi connectivity index (χ3v) is 6.40. The quantitative estimate of drug-likeness (QED) is 0.250. The minimum absolute atomic E-state index is 0.174. The SMILES string of the molecule is CN(C)c1nc(-c2cccc3[nH]ncc23)nc2cc(CN(C)c3ncc(C(=O)NO)cn3)sc12. The zero-order valence-electron chi connectivity index (χ0n) is 18.6. The summed E-state index contributed by atoms with van der Waals surface area (Å²) >= 11 is 1.62. The van der Waals surface area contributed by atoms with Gasteiger partial charge in [-0.15, -0.1) is 11.3 Å². The molecule has 0 saturated carbocycles. The molecule has 34 heavy (non-hydrogen) atoms. The maximum atomic E-state index is 11.5. The Hall–Kier alpha value is -4.16. The summed E-state index contributed by atoms with van der Waals surface area (Å²) in [4.78, 5) is 34.6. The van der Waals surface area contributed by atoms with Gasteiger partial charge < -0.3 is 9.80 Å². The predicted octanol–water partition coefficient (Wildman–Crippen LogP) is 2.85. The summed E-state index contributed by atoms with van der Waals surface area (Å²) in [6, 6.07) is 7.98. The molecule has 0 radical (unpaired) electrons. The second-order valence-electron chi connectivity index (χ2n) is 7.90. The number of rotatable bonds is 6. The number of hydroxylamine groups is 1. The number of carbonyl (C=O) groups excluding carboxylic acids is 1. The fourth-order valence-electron chi connectivity index (χ4n) is 3.63. The van der Waals surface area contributed by atoms with E-state index >= 15 is 0 Å². The van der Waals surface area contributed by atoms with Crippen molar-refractivity contribution in [1.82, 2.24) is 35.6 Å². The lowest BCUT2D eigenvalue weighted by Crippen LogP contribution is -2.21. The van der Waals surface area contributed by atoms with Crippen molar-refractivity contribution in [2.24, 2.45) is 0 Å². The molecule has 0 aliphatic carbocycles. The van der Waals surface area contributed by atoms with Crippen molar-refractivity contribution in [3.05, 3.63) is 53.3 Å². The number of benzene rings is 1. The molecule has 3 N–H and O–H groups in total. The van der Waals surface area contributed by atoms with Gasteiger partial charge in [0.25, 0.3) is 5.91 Å². The van der Waals surface area contributed by atoms with Crippen LogP contribution in [0.3, 0.4) is 0 Å². The minimum atomic E-state index is -0.657. The Morgan fingerprint density at radius 1 is 1.15 bits per heavy atom. The summed E-state index contributed by atoms with van der Waals surface area (Å²) in [7, 11) is 5.80. The molecule has 12 heteroatoms. The van der Waals surface area contributed by atoms with E-state index in [2.05, 4.69) is 26.2 Å². The summed E-state index contributed by atoms with van der Waals surface area (Å²) < 4.78 is 0.993. The third-order valence-electron chi connectivity index (χ3n) is 5.29. The van der Waals surface area contributed by atoms with Gasteiger partial charge in [0.15, 0.2) is 5.82 Å². The number of hydrogen-bond donors (Lipinski definition) is 3. The van der Waals surface area contributed by atoms with Gasteiger partial charge in [0.1, 0.15) is 5.82 Å². The number of hydrogen-bond acceptors (Lipinski definition) is 10. The second kappa shape index (κ2) is 8.65. The molecule has 0 aliphatic rings.